The zero-order valence-electron chi connectivity index (χ0n) is 7.49. The molecule has 0 bridgehead atoms. The van der Waals surface area contributed by atoms with Crippen LogP contribution in [0.2, 0.25) is 0 Å². The summed E-state index contributed by atoms with van der Waals surface area (Å²) in [4.78, 5) is 8.69. The molecule has 0 amide bonds. The number of halogens is 1. The molecular formula is C9H8IN3S. The first-order chi connectivity index (χ1) is 6.81. The maximum absolute atomic E-state index is 4.41. The summed E-state index contributed by atoms with van der Waals surface area (Å²) in [7, 11) is 1.86. The molecule has 2 aromatic heterocycles. The van der Waals surface area contributed by atoms with Gasteiger partial charge in [-0.15, -0.1) is 0 Å². The number of hydrogen-bond donors (Lipinski definition) is 1. The highest BCUT2D eigenvalue weighted by atomic mass is 127. The van der Waals surface area contributed by atoms with E-state index in [2.05, 4.69) is 37.9 Å². The van der Waals surface area contributed by atoms with Crippen molar-refractivity contribution in [3.63, 3.8) is 0 Å². The van der Waals surface area contributed by atoms with E-state index >= 15 is 0 Å². The third kappa shape index (κ3) is 1.88. The van der Waals surface area contributed by atoms with E-state index in [1.807, 2.05) is 30.1 Å². The number of rotatable bonds is 2. The molecule has 14 heavy (non-hydrogen) atoms. The van der Waals surface area contributed by atoms with Gasteiger partial charge in [0.2, 0.25) is 0 Å². The van der Waals surface area contributed by atoms with Crippen LogP contribution in [0.15, 0.2) is 23.0 Å². The van der Waals surface area contributed by atoms with Crippen molar-refractivity contribution < 1.29 is 0 Å². The molecule has 0 aliphatic heterocycles. The van der Waals surface area contributed by atoms with E-state index in [-0.39, 0.29) is 0 Å². The number of nitrogens with one attached hydrogen (secondary N) is 1. The van der Waals surface area contributed by atoms with Gasteiger partial charge >= 0.3 is 0 Å². The summed E-state index contributed by atoms with van der Waals surface area (Å²) in [5, 5.41) is 7.11. The normalized spacial score (nSPS) is 10.1. The van der Waals surface area contributed by atoms with Crippen LogP contribution in [0.25, 0.3) is 11.4 Å². The fraction of sp³-hybridized carbons (Fsp3) is 0.111. The average Bonchev–Trinajstić information content (AvgIpc) is 2.71. The maximum atomic E-state index is 4.41. The van der Waals surface area contributed by atoms with E-state index in [4.69, 9.17) is 0 Å². The Bertz CT molecular complexity index is 428. The van der Waals surface area contributed by atoms with Crippen molar-refractivity contribution in [2.24, 2.45) is 0 Å². The summed E-state index contributed by atoms with van der Waals surface area (Å²) in [6.07, 6.45) is 1.83. The van der Waals surface area contributed by atoms with Crippen molar-refractivity contribution in [2.75, 3.05) is 12.4 Å². The maximum Gasteiger partial charge on any atom is 0.162 e. The summed E-state index contributed by atoms with van der Waals surface area (Å²) < 4.78 is 1.03. The second kappa shape index (κ2) is 4.22. The number of aromatic nitrogens is 2. The lowest BCUT2D eigenvalue weighted by Gasteiger charge is -2.03. The molecule has 0 aliphatic rings. The Labute approximate surface area is 99.7 Å². The second-order valence-corrected chi connectivity index (χ2v) is 4.59. The lowest BCUT2D eigenvalue weighted by molar-refractivity contribution is 1.15. The minimum Gasteiger partial charge on any atom is -0.372 e. The lowest BCUT2D eigenvalue weighted by atomic mass is 10.3. The Morgan fingerprint density at radius 3 is 3.00 bits per heavy atom. The lowest BCUT2D eigenvalue weighted by Crippen LogP contribution is -1.98. The molecule has 72 valence electrons. The van der Waals surface area contributed by atoms with Crippen molar-refractivity contribution >= 4 is 39.7 Å². The summed E-state index contributed by atoms with van der Waals surface area (Å²) >= 11 is 3.86. The van der Waals surface area contributed by atoms with Crippen LogP contribution >= 0.6 is 33.9 Å². The fourth-order valence-electron chi connectivity index (χ4n) is 1.07. The molecule has 3 nitrogen and oxygen atoms in total. The predicted octanol–water partition coefficient (Wildman–Crippen LogP) is 2.85. The molecule has 2 rings (SSSR count). The van der Waals surface area contributed by atoms with Crippen LogP contribution in [-0.2, 0) is 0 Å². The Morgan fingerprint density at radius 1 is 1.50 bits per heavy atom. The summed E-state index contributed by atoms with van der Waals surface area (Å²) in [5.74, 6) is 1.65. The first kappa shape index (κ1) is 9.85. The number of anilines is 1. The Morgan fingerprint density at radius 2 is 2.36 bits per heavy atom. The molecule has 0 radical (unpaired) electrons. The second-order valence-electron chi connectivity index (χ2n) is 2.65. The highest BCUT2D eigenvalue weighted by Crippen LogP contribution is 2.21. The van der Waals surface area contributed by atoms with Gasteiger partial charge in [0, 0.05) is 24.2 Å². The van der Waals surface area contributed by atoms with E-state index in [0.717, 1.165) is 20.8 Å². The van der Waals surface area contributed by atoms with Crippen LogP contribution in [0.1, 0.15) is 0 Å². The van der Waals surface area contributed by atoms with Gasteiger partial charge in [0.05, 0.1) is 3.57 Å². The molecule has 0 saturated carbocycles. The van der Waals surface area contributed by atoms with Crippen LogP contribution in [0.3, 0.4) is 0 Å². The summed E-state index contributed by atoms with van der Waals surface area (Å²) in [5.41, 5.74) is 1.07. The Balaban J connectivity index is 2.46. The zero-order chi connectivity index (χ0) is 9.97. The van der Waals surface area contributed by atoms with Crippen LogP contribution in [0.4, 0.5) is 5.82 Å². The summed E-state index contributed by atoms with van der Waals surface area (Å²) in [6.45, 7) is 0. The van der Waals surface area contributed by atoms with Crippen molar-refractivity contribution in [3.8, 4) is 11.4 Å². The van der Waals surface area contributed by atoms with Gasteiger partial charge < -0.3 is 5.32 Å². The van der Waals surface area contributed by atoms with Crippen molar-refractivity contribution in [3.05, 3.63) is 26.6 Å². The molecule has 1 N–H and O–H groups in total. The third-order valence-corrected chi connectivity index (χ3v) is 3.23. The molecule has 0 spiro atoms. The van der Waals surface area contributed by atoms with E-state index < -0.39 is 0 Å². The molecular weight excluding hydrogens is 309 g/mol. The smallest absolute Gasteiger partial charge is 0.162 e. The van der Waals surface area contributed by atoms with Crippen LogP contribution < -0.4 is 5.32 Å². The number of hydrogen-bond acceptors (Lipinski definition) is 4. The molecule has 0 aliphatic carbocycles. The van der Waals surface area contributed by atoms with Gasteiger partial charge in [-0.05, 0) is 34.0 Å². The molecule has 2 heterocycles. The SMILES string of the molecule is CNc1nc(-c2ccsc2)ncc1I. The van der Waals surface area contributed by atoms with Gasteiger partial charge in [-0.1, -0.05) is 0 Å². The number of thiophene rings is 1. The van der Waals surface area contributed by atoms with Crippen LogP contribution in [-0.4, -0.2) is 17.0 Å². The van der Waals surface area contributed by atoms with Gasteiger partial charge in [-0.25, -0.2) is 9.97 Å². The fourth-order valence-corrected chi connectivity index (χ4v) is 2.24. The molecule has 0 saturated heterocycles. The largest absolute Gasteiger partial charge is 0.372 e. The van der Waals surface area contributed by atoms with Gasteiger partial charge in [0.15, 0.2) is 5.82 Å². The predicted molar refractivity (Wildman–Crippen MR) is 67.6 cm³/mol. The van der Waals surface area contributed by atoms with Gasteiger partial charge in [-0.3, -0.25) is 0 Å². The molecule has 0 aromatic carbocycles. The van der Waals surface area contributed by atoms with Crippen molar-refractivity contribution in [2.45, 2.75) is 0 Å². The zero-order valence-corrected chi connectivity index (χ0v) is 10.5. The standard InChI is InChI=1S/C9H8IN3S/c1-11-9-7(10)4-12-8(13-9)6-2-3-14-5-6/h2-5H,1H3,(H,11,12,13). The minimum atomic E-state index is 0.774. The molecule has 0 unspecified atom stereocenters. The minimum absolute atomic E-state index is 0.774. The molecule has 0 atom stereocenters. The van der Waals surface area contributed by atoms with Gasteiger partial charge in [0.1, 0.15) is 5.82 Å². The van der Waals surface area contributed by atoms with Gasteiger partial charge in [0.25, 0.3) is 0 Å². The quantitative estimate of drug-likeness (QED) is 0.866. The Hall–Kier alpha value is -0.690. The van der Waals surface area contributed by atoms with Crippen molar-refractivity contribution in [1.82, 2.24) is 9.97 Å². The number of nitrogens with zero attached hydrogens (tertiary/aromatic N) is 2. The summed E-state index contributed by atoms with van der Waals surface area (Å²) in [6, 6.07) is 2.02. The monoisotopic (exact) mass is 317 g/mol. The Kier molecular flexibility index (Phi) is 2.97. The average molecular weight is 317 g/mol. The van der Waals surface area contributed by atoms with E-state index in [1.54, 1.807) is 11.3 Å². The third-order valence-electron chi connectivity index (χ3n) is 1.76. The first-order valence-electron chi connectivity index (χ1n) is 4.04. The van der Waals surface area contributed by atoms with Crippen molar-refractivity contribution in [1.29, 1.82) is 0 Å². The topological polar surface area (TPSA) is 37.8 Å². The first-order valence-corrected chi connectivity index (χ1v) is 6.06. The van der Waals surface area contributed by atoms with Gasteiger partial charge in [-0.2, -0.15) is 11.3 Å². The highest BCUT2D eigenvalue weighted by Gasteiger charge is 2.05. The van der Waals surface area contributed by atoms with E-state index in [9.17, 15) is 0 Å². The van der Waals surface area contributed by atoms with E-state index in [0.29, 0.717) is 0 Å². The highest BCUT2D eigenvalue weighted by molar-refractivity contribution is 14.1. The molecule has 0 fully saturated rings. The van der Waals surface area contributed by atoms with E-state index in [1.165, 1.54) is 0 Å². The molecule has 5 heteroatoms. The van der Waals surface area contributed by atoms with Crippen LogP contribution in [0.5, 0.6) is 0 Å². The molecule has 2 aromatic rings. The van der Waals surface area contributed by atoms with Crippen LogP contribution in [0, 0.1) is 3.57 Å².